The highest BCUT2D eigenvalue weighted by Gasteiger charge is 2.30. The third kappa shape index (κ3) is 2.64. The molecule has 0 heterocycles. The van der Waals surface area contributed by atoms with Gasteiger partial charge in [-0.05, 0) is 37.1 Å². The molecule has 90 valence electrons. The van der Waals surface area contributed by atoms with Crippen molar-refractivity contribution in [3.05, 3.63) is 29.8 Å². The highest BCUT2D eigenvalue weighted by atomic mass is 32.2. The van der Waals surface area contributed by atoms with Gasteiger partial charge in [0.05, 0.1) is 16.5 Å². The molecule has 0 spiro atoms. The Labute approximate surface area is 100 Å². The summed E-state index contributed by atoms with van der Waals surface area (Å²) in [6.07, 6.45) is 1.35. The summed E-state index contributed by atoms with van der Waals surface area (Å²) < 4.78 is 26.4. The average molecular weight is 251 g/mol. The Balaban J connectivity index is 2.12. The zero-order valence-electron chi connectivity index (χ0n) is 9.13. The molecule has 0 aromatic heterocycles. The minimum absolute atomic E-state index is 0.0642. The van der Waals surface area contributed by atoms with Crippen molar-refractivity contribution in [2.24, 2.45) is 5.73 Å². The number of nitrogens with two attached hydrogens (primary N) is 1. The quantitative estimate of drug-likeness (QED) is 0.809. The van der Waals surface area contributed by atoms with Gasteiger partial charge < -0.3 is 5.73 Å². The lowest BCUT2D eigenvalue weighted by atomic mass is 9.89. The van der Waals surface area contributed by atoms with Gasteiger partial charge in [-0.15, -0.1) is 0 Å². The first kappa shape index (κ1) is 12.0. The number of hydrogen-bond donors (Lipinski definition) is 2. The molecule has 5 nitrogen and oxygen atoms in total. The molecule has 3 N–H and O–H groups in total. The van der Waals surface area contributed by atoms with Crippen LogP contribution in [0.2, 0.25) is 0 Å². The molecule has 1 aliphatic rings. The second kappa shape index (κ2) is 4.45. The molecule has 0 amide bonds. The fourth-order valence-electron chi connectivity index (χ4n) is 1.75. The molecule has 17 heavy (non-hydrogen) atoms. The highest BCUT2D eigenvalue weighted by Crippen LogP contribution is 2.20. The number of nitrogens with one attached hydrogen (secondary N) is 1. The summed E-state index contributed by atoms with van der Waals surface area (Å²) in [5, 5.41) is 8.62. The summed E-state index contributed by atoms with van der Waals surface area (Å²) in [6.45, 7) is 0. The van der Waals surface area contributed by atoms with Gasteiger partial charge in [0, 0.05) is 12.1 Å². The zero-order chi connectivity index (χ0) is 12.5. The molecule has 1 fully saturated rings. The van der Waals surface area contributed by atoms with Crippen LogP contribution in [0, 0.1) is 11.3 Å². The zero-order valence-corrected chi connectivity index (χ0v) is 9.94. The number of hydrogen-bond acceptors (Lipinski definition) is 4. The molecule has 1 aromatic rings. The lowest BCUT2D eigenvalue weighted by Crippen LogP contribution is -2.50. The van der Waals surface area contributed by atoms with Gasteiger partial charge in [-0.2, -0.15) is 5.26 Å². The fourth-order valence-corrected chi connectivity index (χ4v) is 3.02. The van der Waals surface area contributed by atoms with E-state index in [0.717, 1.165) is 0 Å². The third-order valence-corrected chi connectivity index (χ3v) is 4.33. The first-order chi connectivity index (χ1) is 8.01. The second-order valence-electron chi connectivity index (χ2n) is 4.19. The predicted octanol–water partition coefficient (Wildman–Crippen LogP) is 0.326. The third-order valence-electron chi connectivity index (χ3n) is 2.79. The molecule has 6 heteroatoms. The van der Waals surface area contributed by atoms with Crippen LogP contribution >= 0.6 is 0 Å². The van der Waals surface area contributed by atoms with Gasteiger partial charge in [0.2, 0.25) is 10.0 Å². The van der Waals surface area contributed by atoms with E-state index in [-0.39, 0.29) is 17.0 Å². The Morgan fingerprint density at radius 3 is 2.35 bits per heavy atom. The summed E-state index contributed by atoms with van der Waals surface area (Å²) >= 11 is 0. The fraction of sp³-hybridized carbons (Fsp3) is 0.364. The van der Waals surface area contributed by atoms with E-state index in [1.165, 1.54) is 24.3 Å². The van der Waals surface area contributed by atoms with Gasteiger partial charge in [0.1, 0.15) is 0 Å². The molecule has 1 saturated carbocycles. The van der Waals surface area contributed by atoms with Crippen LogP contribution in [0.25, 0.3) is 0 Å². The van der Waals surface area contributed by atoms with Crippen LogP contribution in [0.1, 0.15) is 18.4 Å². The summed E-state index contributed by atoms with van der Waals surface area (Å²) in [7, 11) is -3.48. The van der Waals surface area contributed by atoms with Crippen molar-refractivity contribution in [2.45, 2.75) is 29.8 Å². The van der Waals surface area contributed by atoms with Crippen LogP contribution < -0.4 is 10.5 Å². The first-order valence-corrected chi connectivity index (χ1v) is 6.77. The Morgan fingerprint density at radius 1 is 1.29 bits per heavy atom. The van der Waals surface area contributed by atoms with Gasteiger partial charge in [-0.3, -0.25) is 0 Å². The molecular formula is C11H13N3O2S. The summed E-state index contributed by atoms with van der Waals surface area (Å²) in [5.41, 5.74) is 6.03. The van der Waals surface area contributed by atoms with Crippen LogP contribution in [0.3, 0.4) is 0 Å². The van der Waals surface area contributed by atoms with Crippen LogP contribution in [0.15, 0.2) is 29.2 Å². The van der Waals surface area contributed by atoms with Crippen molar-refractivity contribution in [1.82, 2.24) is 4.72 Å². The molecule has 2 rings (SSSR count). The summed E-state index contributed by atoms with van der Waals surface area (Å²) in [6, 6.07) is 7.81. The predicted molar refractivity (Wildman–Crippen MR) is 62.5 cm³/mol. The minimum atomic E-state index is -3.48. The molecule has 0 unspecified atom stereocenters. The molecule has 1 aliphatic carbocycles. The second-order valence-corrected chi connectivity index (χ2v) is 5.90. The number of nitriles is 1. The van der Waals surface area contributed by atoms with Gasteiger partial charge in [0.25, 0.3) is 0 Å². The van der Waals surface area contributed by atoms with Crippen molar-refractivity contribution in [3.63, 3.8) is 0 Å². The lowest BCUT2D eigenvalue weighted by Gasteiger charge is -2.32. The molecule has 0 saturated heterocycles. The Bertz CT molecular complexity index is 539. The Hall–Kier alpha value is -1.42. The number of nitrogens with zero attached hydrogens (tertiary/aromatic N) is 1. The summed E-state index contributed by atoms with van der Waals surface area (Å²) in [5.74, 6) is 0. The van der Waals surface area contributed by atoms with E-state index in [1.54, 1.807) is 0 Å². The largest absolute Gasteiger partial charge is 0.328 e. The van der Waals surface area contributed by atoms with Gasteiger partial charge in [0.15, 0.2) is 0 Å². The normalized spacial score (nSPS) is 23.8. The maximum absolute atomic E-state index is 11.9. The minimum Gasteiger partial charge on any atom is -0.328 e. The number of benzene rings is 1. The molecule has 0 atom stereocenters. The van der Waals surface area contributed by atoms with E-state index in [4.69, 9.17) is 11.0 Å². The Kier molecular flexibility index (Phi) is 3.15. The molecule has 0 aliphatic heterocycles. The summed E-state index contributed by atoms with van der Waals surface area (Å²) in [4.78, 5) is 0.178. The highest BCUT2D eigenvalue weighted by molar-refractivity contribution is 7.89. The Morgan fingerprint density at radius 2 is 1.88 bits per heavy atom. The van der Waals surface area contributed by atoms with E-state index >= 15 is 0 Å². The van der Waals surface area contributed by atoms with Crippen LogP contribution in [0.4, 0.5) is 0 Å². The van der Waals surface area contributed by atoms with Gasteiger partial charge >= 0.3 is 0 Å². The van der Waals surface area contributed by atoms with Crippen molar-refractivity contribution in [1.29, 1.82) is 5.26 Å². The van der Waals surface area contributed by atoms with E-state index in [0.29, 0.717) is 18.4 Å². The maximum atomic E-state index is 11.9. The first-order valence-electron chi connectivity index (χ1n) is 5.29. The van der Waals surface area contributed by atoms with E-state index in [2.05, 4.69) is 4.72 Å². The van der Waals surface area contributed by atoms with E-state index < -0.39 is 10.0 Å². The number of rotatable bonds is 3. The number of sulfonamides is 1. The molecular weight excluding hydrogens is 238 g/mol. The lowest BCUT2D eigenvalue weighted by molar-refractivity contribution is 0.327. The van der Waals surface area contributed by atoms with E-state index in [1.807, 2.05) is 6.07 Å². The van der Waals surface area contributed by atoms with Crippen molar-refractivity contribution < 1.29 is 8.42 Å². The van der Waals surface area contributed by atoms with Crippen molar-refractivity contribution in [2.75, 3.05) is 0 Å². The molecule has 1 aromatic carbocycles. The van der Waals surface area contributed by atoms with Crippen LogP contribution in [-0.2, 0) is 10.0 Å². The maximum Gasteiger partial charge on any atom is 0.240 e. The van der Waals surface area contributed by atoms with Crippen LogP contribution in [-0.4, -0.2) is 20.5 Å². The smallest absolute Gasteiger partial charge is 0.240 e. The topological polar surface area (TPSA) is 96.0 Å². The monoisotopic (exact) mass is 251 g/mol. The SMILES string of the molecule is N#Cc1ccc(S(=O)(=O)NC2CC(N)C2)cc1. The van der Waals surface area contributed by atoms with Crippen molar-refractivity contribution >= 4 is 10.0 Å². The van der Waals surface area contributed by atoms with Gasteiger partial charge in [-0.1, -0.05) is 0 Å². The average Bonchev–Trinajstić information content (AvgIpc) is 2.27. The van der Waals surface area contributed by atoms with Crippen LogP contribution in [0.5, 0.6) is 0 Å². The van der Waals surface area contributed by atoms with Crippen molar-refractivity contribution in [3.8, 4) is 6.07 Å². The standard InChI is InChI=1S/C11H13N3O2S/c12-7-8-1-3-11(4-2-8)17(15,16)14-10-5-9(13)6-10/h1-4,9-10,14H,5-6,13H2. The van der Waals surface area contributed by atoms with E-state index in [9.17, 15) is 8.42 Å². The molecule has 0 radical (unpaired) electrons. The molecule has 0 bridgehead atoms. The van der Waals surface area contributed by atoms with Gasteiger partial charge in [-0.25, -0.2) is 13.1 Å².